The van der Waals surface area contributed by atoms with Crippen molar-refractivity contribution in [2.24, 2.45) is 5.92 Å². The minimum absolute atomic E-state index is 0.335. The monoisotopic (exact) mass is 486 g/mol. The Balaban J connectivity index is 2.01. The fourth-order valence-electron chi connectivity index (χ4n) is 3.85. The van der Waals surface area contributed by atoms with Gasteiger partial charge in [0, 0.05) is 9.99 Å². The summed E-state index contributed by atoms with van der Waals surface area (Å²) in [6, 6.07) is 8.94. The average molecular weight is 486 g/mol. The molecule has 0 aliphatic rings. The van der Waals surface area contributed by atoms with Gasteiger partial charge < -0.3 is 5.11 Å². The van der Waals surface area contributed by atoms with Crippen LogP contribution in [0.3, 0.4) is 0 Å². The molecule has 1 aromatic rings. The van der Waals surface area contributed by atoms with Crippen LogP contribution in [0.1, 0.15) is 102 Å². The van der Waals surface area contributed by atoms with E-state index in [0.717, 1.165) is 18.8 Å². The molecule has 1 atom stereocenters. The molecule has 1 unspecified atom stereocenters. The molecule has 1 rings (SSSR count). The van der Waals surface area contributed by atoms with Gasteiger partial charge in [0.15, 0.2) is 0 Å². The first kappa shape index (κ1) is 24.5. The Kier molecular flexibility index (Phi) is 14.8. The Bertz CT molecular complexity index is 484. The van der Waals surface area contributed by atoms with Crippen LogP contribution >= 0.6 is 22.6 Å². The molecule has 0 aromatic heterocycles. The fourth-order valence-corrected chi connectivity index (χ4v) is 4.21. The van der Waals surface area contributed by atoms with Crippen LogP contribution in [0.25, 0.3) is 0 Å². The highest BCUT2D eigenvalue weighted by atomic mass is 127. The number of unbranched alkanes of at least 4 members (excludes halogenated alkanes) is 7. The predicted octanol–water partition coefficient (Wildman–Crippen LogP) is 8.02. The van der Waals surface area contributed by atoms with Gasteiger partial charge in [-0.15, -0.1) is 0 Å². The topological polar surface area (TPSA) is 37.3 Å². The van der Waals surface area contributed by atoms with E-state index in [0.29, 0.717) is 6.42 Å². The lowest BCUT2D eigenvalue weighted by molar-refractivity contribution is -0.137. The van der Waals surface area contributed by atoms with Crippen LogP contribution in [0.4, 0.5) is 0 Å². The number of aliphatic carboxylic acids is 1. The van der Waals surface area contributed by atoms with Crippen LogP contribution in [0.15, 0.2) is 24.3 Å². The molecule has 0 saturated heterocycles. The molecule has 0 spiro atoms. The van der Waals surface area contributed by atoms with Crippen molar-refractivity contribution in [1.29, 1.82) is 0 Å². The second-order valence-corrected chi connectivity index (χ2v) is 9.18. The lowest BCUT2D eigenvalue weighted by Gasteiger charge is -2.16. The Hall–Kier alpha value is -0.580. The summed E-state index contributed by atoms with van der Waals surface area (Å²) in [6.45, 7) is 2.31. The van der Waals surface area contributed by atoms with Gasteiger partial charge >= 0.3 is 5.97 Å². The van der Waals surface area contributed by atoms with E-state index < -0.39 is 5.97 Å². The smallest absolute Gasteiger partial charge is 0.303 e. The SMILES string of the molecule is CCCC(CCCCCCCC(=O)O)CCCCCCc1ccc(I)cc1. The maximum Gasteiger partial charge on any atom is 0.303 e. The highest BCUT2D eigenvalue weighted by Gasteiger charge is 2.07. The molecule has 1 aromatic carbocycles. The first-order valence-corrected chi connectivity index (χ1v) is 12.2. The molecule has 0 radical (unpaired) electrons. The summed E-state index contributed by atoms with van der Waals surface area (Å²) < 4.78 is 1.32. The van der Waals surface area contributed by atoms with Gasteiger partial charge in [-0.1, -0.05) is 89.7 Å². The first-order valence-electron chi connectivity index (χ1n) is 11.1. The molecule has 0 saturated carbocycles. The summed E-state index contributed by atoms with van der Waals surface area (Å²) in [5, 5.41) is 8.65. The maximum absolute atomic E-state index is 10.5. The summed E-state index contributed by atoms with van der Waals surface area (Å²) in [7, 11) is 0. The van der Waals surface area contributed by atoms with E-state index in [4.69, 9.17) is 5.11 Å². The molecular formula is C24H39IO2. The van der Waals surface area contributed by atoms with Crippen molar-refractivity contribution in [3.05, 3.63) is 33.4 Å². The molecule has 0 heterocycles. The molecule has 0 fully saturated rings. The zero-order valence-corrected chi connectivity index (χ0v) is 19.4. The minimum atomic E-state index is -0.656. The van der Waals surface area contributed by atoms with Gasteiger partial charge in [0.1, 0.15) is 0 Å². The summed E-state index contributed by atoms with van der Waals surface area (Å²) in [6.07, 6.45) is 18.1. The van der Waals surface area contributed by atoms with Crippen molar-refractivity contribution in [3.63, 3.8) is 0 Å². The highest BCUT2D eigenvalue weighted by molar-refractivity contribution is 14.1. The third kappa shape index (κ3) is 14.1. The van der Waals surface area contributed by atoms with Gasteiger partial charge in [-0.05, 0) is 65.5 Å². The van der Waals surface area contributed by atoms with Crippen molar-refractivity contribution >= 4 is 28.6 Å². The standard InChI is InChI=1S/C24H39IO2/c1-2-12-21(13-8-4-3-5-11-16-24(26)27)14-9-6-7-10-15-22-17-19-23(25)20-18-22/h17-21H,2-16H2,1H3,(H,26,27). The third-order valence-corrected chi connectivity index (χ3v) is 6.16. The van der Waals surface area contributed by atoms with E-state index in [1.54, 1.807) is 0 Å². The van der Waals surface area contributed by atoms with Crippen LogP contribution in [0.2, 0.25) is 0 Å². The second kappa shape index (κ2) is 16.4. The van der Waals surface area contributed by atoms with E-state index in [1.165, 1.54) is 86.2 Å². The van der Waals surface area contributed by atoms with Gasteiger partial charge in [-0.25, -0.2) is 0 Å². The van der Waals surface area contributed by atoms with E-state index in [-0.39, 0.29) is 0 Å². The van der Waals surface area contributed by atoms with E-state index in [9.17, 15) is 4.79 Å². The summed E-state index contributed by atoms with van der Waals surface area (Å²) >= 11 is 2.36. The van der Waals surface area contributed by atoms with Crippen molar-refractivity contribution in [1.82, 2.24) is 0 Å². The number of benzene rings is 1. The molecular weight excluding hydrogens is 447 g/mol. The zero-order valence-electron chi connectivity index (χ0n) is 17.2. The van der Waals surface area contributed by atoms with Crippen LogP contribution < -0.4 is 0 Å². The molecule has 0 bridgehead atoms. The number of carbonyl (C=O) groups is 1. The Labute approximate surface area is 180 Å². The van der Waals surface area contributed by atoms with Crippen molar-refractivity contribution in [3.8, 4) is 0 Å². The Morgan fingerprint density at radius 3 is 2.00 bits per heavy atom. The van der Waals surface area contributed by atoms with Gasteiger partial charge in [-0.3, -0.25) is 4.79 Å². The summed E-state index contributed by atoms with van der Waals surface area (Å²) in [5.74, 6) is 0.252. The number of halogens is 1. The maximum atomic E-state index is 10.5. The molecule has 0 aliphatic heterocycles. The average Bonchev–Trinajstić information content (AvgIpc) is 2.64. The molecule has 0 aliphatic carbocycles. The fraction of sp³-hybridized carbons (Fsp3) is 0.708. The van der Waals surface area contributed by atoms with Crippen molar-refractivity contribution < 1.29 is 9.90 Å². The summed E-state index contributed by atoms with van der Waals surface area (Å²) in [5.41, 5.74) is 1.47. The summed E-state index contributed by atoms with van der Waals surface area (Å²) in [4.78, 5) is 10.5. The van der Waals surface area contributed by atoms with Crippen LogP contribution in [-0.4, -0.2) is 11.1 Å². The molecule has 0 amide bonds. The highest BCUT2D eigenvalue weighted by Crippen LogP contribution is 2.23. The first-order chi connectivity index (χ1) is 13.1. The normalized spacial score (nSPS) is 12.2. The van der Waals surface area contributed by atoms with Crippen LogP contribution in [-0.2, 0) is 11.2 Å². The lowest BCUT2D eigenvalue weighted by Crippen LogP contribution is -2.01. The van der Waals surface area contributed by atoms with E-state index in [1.807, 2.05) is 0 Å². The zero-order chi connectivity index (χ0) is 19.7. The lowest BCUT2D eigenvalue weighted by atomic mass is 9.90. The largest absolute Gasteiger partial charge is 0.481 e. The van der Waals surface area contributed by atoms with Gasteiger partial charge in [0.2, 0.25) is 0 Å². The third-order valence-electron chi connectivity index (χ3n) is 5.44. The number of hydrogen-bond acceptors (Lipinski definition) is 1. The molecule has 1 N–H and O–H groups in total. The predicted molar refractivity (Wildman–Crippen MR) is 124 cm³/mol. The minimum Gasteiger partial charge on any atom is -0.481 e. The number of hydrogen-bond donors (Lipinski definition) is 1. The molecule has 2 nitrogen and oxygen atoms in total. The van der Waals surface area contributed by atoms with E-state index >= 15 is 0 Å². The molecule has 154 valence electrons. The number of rotatable bonds is 17. The van der Waals surface area contributed by atoms with Crippen LogP contribution in [0, 0.1) is 9.49 Å². The molecule has 3 heteroatoms. The number of carboxylic acid groups (broad SMARTS) is 1. The Morgan fingerprint density at radius 1 is 0.852 bits per heavy atom. The van der Waals surface area contributed by atoms with Crippen molar-refractivity contribution in [2.45, 2.75) is 103 Å². The molecule has 27 heavy (non-hydrogen) atoms. The van der Waals surface area contributed by atoms with Crippen LogP contribution in [0.5, 0.6) is 0 Å². The van der Waals surface area contributed by atoms with E-state index in [2.05, 4.69) is 53.8 Å². The quantitative estimate of drug-likeness (QED) is 0.179. The number of aryl methyl sites for hydroxylation is 1. The number of carboxylic acids is 1. The van der Waals surface area contributed by atoms with Gasteiger partial charge in [0.05, 0.1) is 0 Å². The Morgan fingerprint density at radius 2 is 1.41 bits per heavy atom. The van der Waals surface area contributed by atoms with Gasteiger partial charge in [0.25, 0.3) is 0 Å². The van der Waals surface area contributed by atoms with Crippen molar-refractivity contribution in [2.75, 3.05) is 0 Å². The van der Waals surface area contributed by atoms with Gasteiger partial charge in [-0.2, -0.15) is 0 Å². The second-order valence-electron chi connectivity index (χ2n) is 7.93.